The van der Waals surface area contributed by atoms with Crippen LogP contribution in [0.15, 0.2) is 6.20 Å². The van der Waals surface area contributed by atoms with Crippen molar-refractivity contribution in [2.75, 3.05) is 25.4 Å². The lowest BCUT2D eigenvalue weighted by Crippen LogP contribution is -2.42. The van der Waals surface area contributed by atoms with Crippen LogP contribution < -0.4 is 11.1 Å². The predicted octanol–water partition coefficient (Wildman–Crippen LogP) is -0.255. The fourth-order valence-corrected chi connectivity index (χ4v) is 2.18. The van der Waals surface area contributed by atoms with Gasteiger partial charge in [0.1, 0.15) is 0 Å². The molecular weight excluding hydrogens is 246 g/mol. The third-order valence-corrected chi connectivity index (χ3v) is 3.18. The number of anilines is 1. The van der Waals surface area contributed by atoms with Gasteiger partial charge in [0.15, 0.2) is 5.69 Å². The van der Waals surface area contributed by atoms with Gasteiger partial charge in [-0.15, -0.1) is 0 Å². The van der Waals surface area contributed by atoms with Crippen LogP contribution in [0.5, 0.6) is 0 Å². The Balaban J connectivity index is 1.86. The van der Waals surface area contributed by atoms with Gasteiger partial charge in [-0.05, 0) is 19.3 Å². The smallest absolute Gasteiger partial charge is 0.274 e. The molecule has 0 unspecified atom stereocenters. The zero-order valence-corrected chi connectivity index (χ0v) is 11.1. The van der Waals surface area contributed by atoms with E-state index in [1.807, 2.05) is 0 Å². The van der Waals surface area contributed by atoms with Crippen molar-refractivity contribution in [2.45, 2.75) is 19.3 Å². The minimum Gasteiger partial charge on any atom is -0.396 e. The maximum atomic E-state index is 11.9. The summed E-state index contributed by atoms with van der Waals surface area (Å²) in [5, 5.41) is 6.52. The Morgan fingerprint density at radius 1 is 1.37 bits per heavy atom. The van der Waals surface area contributed by atoms with Crippen LogP contribution in [0.25, 0.3) is 0 Å². The van der Waals surface area contributed by atoms with Crippen molar-refractivity contribution in [2.24, 2.45) is 7.05 Å². The van der Waals surface area contributed by atoms with Crippen LogP contribution in [0, 0.1) is 0 Å². The van der Waals surface area contributed by atoms with Crippen molar-refractivity contribution in [3.8, 4) is 0 Å². The SMILES string of the molecule is Cn1cc(N)c(C(=O)NCC(=O)N2CCCCC2)n1. The van der Waals surface area contributed by atoms with Crippen LogP contribution >= 0.6 is 0 Å². The molecule has 2 rings (SSSR count). The normalized spacial score (nSPS) is 15.3. The van der Waals surface area contributed by atoms with E-state index in [4.69, 9.17) is 5.73 Å². The largest absolute Gasteiger partial charge is 0.396 e. The molecule has 7 nitrogen and oxygen atoms in total. The van der Waals surface area contributed by atoms with Crippen molar-refractivity contribution in [1.29, 1.82) is 0 Å². The van der Waals surface area contributed by atoms with Crippen molar-refractivity contribution >= 4 is 17.5 Å². The molecule has 1 aliphatic rings. The average molecular weight is 265 g/mol. The van der Waals surface area contributed by atoms with E-state index in [9.17, 15) is 9.59 Å². The lowest BCUT2D eigenvalue weighted by atomic mass is 10.1. The molecular formula is C12H19N5O2. The summed E-state index contributed by atoms with van der Waals surface area (Å²) >= 11 is 0. The summed E-state index contributed by atoms with van der Waals surface area (Å²) in [6.07, 6.45) is 4.79. The van der Waals surface area contributed by atoms with Crippen LogP contribution in [0.3, 0.4) is 0 Å². The van der Waals surface area contributed by atoms with Crippen molar-refractivity contribution in [1.82, 2.24) is 20.0 Å². The molecule has 1 aromatic heterocycles. The molecule has 0 aliphatic carbocycles. The van der Waals surface area contributed by atoms with Gasteiger partial charge in [0.25, 0.3) is 5.91 Å². The van der Waals surface area contributed by atoms with E-state index >= 15 is 0 Å². The standard InChI is InChI=1S/C12H19N5O2/c1-16-8-9(13)11(15-16)12(19)14-7-10(18)17-5-3-2-4-6-17/h8H,2-7,13H2,1H3,(H,14,19). The number of aromatic nitrogens is 2. The Kier molecular flexibility index (Phi) is 4.03. The van der Waals surface area contributed by atoms with Gasteiger partial charge < -0.3 is 16.0 Å². The first-order valence-electron chi connectivity index (χ1n) is 6.43. The van der Waals surface area contributed by atoms with Gasteiger partial charge in [-0.1, -0.05) is 0 Å². The first-order chi connectivity index (χ1) is 9.08. The number of hydrogen-bond donors (Lipinski definition) is 2. The molecule has 3 N–H and O–H groups in total. The van der Waals surface area contributed by atoms with E-state index in [1.165, 1.54) is 11.1 Å². The molecule has 2 heterocycles. The highest BCUT2D eigenvalue weighted by atomic mass is 16.2. The first kappa shape index (κ1) is 13.4. The van der Waals surface area contributed by atoms with E-state index in [1.54, 1.807) is 18.1 Å². The summed E-state index contributed by atoms with van der Waals surface area (Å²) in [6, 6.07) is 0. The number of nitrogens with two attached hydrogens (primary N) is 1. The van der Waals surface area contributed by atoms with Crippen LogP contribution in [-0.2, 0) is 11.8 Å². The Labute approximate surface area is 111 Å². The second-order valence-corrected chi connectivity index (χ2v) is 4.73. The van der Waals surface area contributed by atoms with Crippen LogP contribution in [-0.4, -0.2) is 46.1 Å². The summed E-state index contributed by atoms with van der Waals surface area (Å²) in [5.74, 6) is -0.467. The maximum Gasteiger partial charge on any atom is 0.274 e. The van der Waals surface area contributed by atoms with E-state index in [0.717, 1.165) is 25.9 Å². The molecule has 1 aliphatic heterocycles. The second-order valence-electron chi connectivity index (χ2n) is 4.73. The molecule has 0 saturated carbocycles. The Bertz CT molecular complexity index is 476. The minimum atomic E-state index is -0.413. The number of rotatable bonds is 3. The number of amides is 2. The molecule has 1 saturated heterocycles. The molecule has 0 radical (unpaired) electrons. The zero-order valence-electron chi connectivity index (χ0n) is 11.1. The fourth-order valence-electron chi connectivity index (χ4n) is 2.18. The zero-order chi connectivity index (χ0) is 13.8. The van der Waals surface area contributed by atoms with Gasteiger partial charge in [-0.2, -0.15) is 5.10 Å². The number of aryl methyl sites for hydroxylation is 1. The Hall–Kier alpha value is -2.05. The minimum absolute atomic E-state index is 0.00511. The van der Waals surface area contributed by atoms with Crippen molar-refractivity contribution in [3.05, 3.63) is 11.9 Å². The van der Waals surface area contributed by atoms with Gasteiger partial charge in [0.05, 0.1) is 12.2 Å². The fraction of sp³-hybridized carbons (Fsp3) is 0.583. The summed E-state index contributed by atoms with van der Waals surface area (Å²) < 4.78 is 1.47. The first-order valence-corrected chi connectivity index (χ1v) is 6.43. The number of carbonyl (C=O) groups excluding carboxylic acids is 2. The monoisotopic (exact) mass is 265 g/mol. The van der Waals surface area contributed by atoms with Gasteiger partial charge >= 0.3 is 0 Å². The molecule has 0 bridgehead atoms. The number of piperidine rings is 1. The van der Waals surface area contributed by atoms with Crippen molar-refractivity contribution in [3.63, 3.8) is 0 Å². The molecule has 0 atom stereocenters. The maximum absolute atomic E-state index is 11.9. The third kappa shape index (κ3) is 3.24. The number of nitrogens with zero attached hydrogens (tertiary/aromatic N) is 3. The number of likely N-dealkylation sites (tertiary alicyclic amines) is 1. The van der Waals surface area contributed by atoms with Gasteiger partial charge in [-0.3, -0.25) is 14.3 Å². The molecule has 0 spiro atoms. The van der Waals surface area contributed by atoms with Crippen LogP contribution in [0.2, 0.25) is 0 Å². The topological polar surface area (TPSA) is 93.2 Å². The molecule has 104 valence electrons. The lowest BCUT2D eigenvalue weighted by Gasteiger charge is -2.26. The molecule has 0 aromatic carbocycles. The molecule has 1 aromatic rings. The molecule has 1 fully saturated rings. The number of nitrogens with one attached hydrogen (secondary N) is 1. The van der Waals surface area contributed by atoms with Gasteiger partial charge in [-0.25, -0.2) is 0 Å². The Morgan fingerprint density at radius 2 is 2.05 bits per heavy atom. The van der Waals surface area contributed by atoms with Crippen LogP contribution in [0.1, 0.15) is 29.8 Å². The van der Waals surface area contributed by atoms with E-state index in [0.29, 0.717) is 5.69 Å². The van der Waals surface area contributed by atoms with Gasteiger partial charge in [0.2, 0.25) is 5.91 Å². The predicted molar refractivity (Wildman–Crippen MR) is 70.4 cm³/mol. The van der Waals surface area contributed by atoms with Gasteiger partial charge in [0, 0.05) is 26.3 Å². The van der Waals surface area contributed by atoms with E-state index < -0.39 is 5.91 Å². The number of nitrogen functional groups attached to an aromatic ring is 1. The molecule has 7 heteroatoms. The van der Waals surface area contributed by atoms with E-state index in [2.05, 4.69) is 10.4 Å². The summed E-state index contributed by atoms with van der Waals surface area (Å²) in [6.45, 7) is 1.55. The quantitative estimate of drug-likeness (QED) is 0.787. The summed E-state index contributed by atoms with van der Waals surface area (Å²) in [7, 11) is 1.69. The highest BCUT2D eigenvalue weighted by Gasteiger charge is 2.19. The second kappa shape index (κ2) is 5.73. The number of carbonyl (C=O) groups is 2. The summed E-state index contributed by atoms with van der Waals surface area (Å²) in [5.41, 5.74) is 6.12. The molecule has 19 heavy (non-hydrogen) atoms. The summed E-state index contributed by atoms with van der Waals surface area (Å²) in [4.78, 5) is 25.5. The van der Waals surface area contributed by atoms with Crippen molar-refractivity contribution < 1.29 is 9.59 Å². The Morgan fingerprint density at radius 3 is 2.63 bits per heavy atom. The molecule has 2 amide bonds. The lowest BCUT2D eigenvalue weighted by molar-refractivity contribution is -0.130. The van der Waals surface area contributed by atoms with E-state index in [-0.39, 0.29) is 18.1 Å². The van der Waals surface area contributed by atoms with Crippen LogP contribution in [0.4, 0.5) is 5.69 Å². The highest BCUT2D eigenvalue weighted by Crippen LogP contribution is 2.09. The third-order valence-electron chi connectivity index (χ3n) is 3.18. The average Bonchev–Trinajstić information content (AvgIpc) is 2.75. The highest BCUT2D eigenvalue weighted by molar-refractivity contribution is 5.98. The number of hydrogen-bond acceptors (Lipinski definition) is 4.